The summed E-state index contributed by atoms with van der Waals surface area (Å²) in [5.74, 6) is -0.436. The number of nitrogens with two attached hydrogens (primary N) is 1. The van der Waals surface area contributed by atoms with E-state index in [2.05, 4.69) is 4.74 Å². The maximum Gasteiger partial charge on any atom is -0.870 e. The van der Waals surface area contributed by atoms with Gasteiger partial charge in [-0.15, -0.1) is 0 Å². The molecule has 5 nitrogen and oxygen atoms in total. The second-order valence-corrected chi connectivity index (χ2v) is 2.38. The van der Waals surface area contributed by atoms with E-state index in [-0.39, 0.29) is 11.0 Å². The number of methoxy groups -OCH3 is 1. The van der Waals surface area contributed by atoms with Crippen LogP contribution in [0.25, 0.3) is 0 Å². The number of rotatable bonds is 1. The molecule has 4 N–H and O–H groups in total. The van der Waals surface area contributed by atoms with E-state index in [0.717, 1.165) is 0 Å². The fourth-order valence-corrected chi connectivity index (χ4v) is 0.912. The molecule has 0 fully saturated rings. The van der Waals surface area contributed by atoms with Crippen LogP contribution in [0.15, 0.2) is 18.2 Å². The van der Waals surface area contributed by atoms with E-state index in [4.69, 9.17) is 13.6 Å². The molecular formula is C8H10BNO4. The van der Waals surface area contributed by atoms with Crippen molar-refractivity contribution in [2.24, 2.45) is 0 Å². The van der Waals surface area contributed by atoms with Crippen molar-refractivity contribution in [1.29, 1.82) is 0 Å². The Balaban J connectivity index is 0. The van der Waals surface area contributed by atoms with Crippen molar-refractivity contribution in [2.75, 3.05) is 12.8 Å². The van der Waals surface area contributed by atoms with Gasteiger partial charge in [0.2, 0.25) is 0 Å². The van der Waals surface area contributed by atoms with Gasteiger partial charge in [0.1, 0.15) is 0 Å². The molecule has 14 heavy (non-hydrogen) atoms. The predicted octanol–water partition coefficient (Wildman–Crippen LogP) is -0.504. The number of esters is 1. The third-order valence-electron chi connectivity index (χ3n) is 1.40. The average molecular weight is 195 g/mol. The van der Waals surface area contributed by atoms with Gasteiger partial charge in [-0.3, -0.25) is 0 Å². The number of carbonyl (C=O) groups excluding carboxylic acids is 1. The van der Waals surface area contributed by atoms with Gasteiger partial charge < -0.3 is 11.0 Å². The van der Waals surface area contributed by atoms with Crippen LogP contribution in [-0.4, -0.2) is 31.9 Å². The van der Waals surface area contributed by atoms with E-state index in [1.54, 1.807) is 6.07 Å². The third kappa shape index (κ3) is 3.46. The van der Waals surface area contributed by atoms with Crippen LogP contribution in [-0.2, 0) is 4.74 Å². The third-order valence-corrected chi connectivity index (χ3v) is 1.40. The van der Waals surface area contributed by atoms with E-state index in [1.165, 1.54) is 19.2 Å². The van der Waals surface area contributed by atoms with Gasteiger partial charge in [-0.2, -0.15) is 0 Å². The van der Waals surface area contributed by atoms with Crippen molar-refractivity contribution >= 4 is 25.0 Å². The molecule has 0 aliphatic heterocycles. The van der Waals surface area contributed by atoms with Crippen LogP contribution in [0, 0.1) is 0 Å². The maximum atomic E-state index is 11.0. The first-order chi connectivity index (χ1) is 5.63. The van der Waals surface area contributed by atoms with Crippen molar-refractivity contribution in [3.8, 4) is 0 Å². The topological polar surface area (TPSA) is 112 Å². The van der Waals surface area contributed by atoms with E-state index < -0.39 is 5.97 Å². The summed E-state index contributed by atoms with van der Waals surface area (Å²) < 4.78 is 4.50. The standard InChI is InChI=1S/C8H8BNO2.2H2O/c1-12-8(11)5-2-6(9)4-7(10)3-5;;/h2-4H,10H2,1H3;2*1H2/q+2;;/p-2. The molecule has 1 aromatic rings. The molecule has 0 unspecified atom stereocenters. The van der Waals surface area contributed by atoms with Crippen molar-refractivity contribution in [2.45, 2.75) is 0 Å². The Morgan fingerprint density at radius 1 is 1.36 bits per heavy atom. The molecule has 0 saturated carbocycles. The molecule has 0 heterocycles. The number of benzene rings is 1. The predicted molar refractivity (Wildman–Crippen MR) is 51.5 cm³/mol. The molecule has 0 aromatic heterocycles. The van der Waals surface area contributed by atoms with Gasteiger partial charge >= 0.3 is 71.1 Å². The van der Waals surface area contributed by atoms with Crippen molar-refractivity contribution in [3.05, 3.63) is 23.8 Å². The van der Waals surface area contributed by atoms with Gasteiger partial charge in [-0.1, -0.05) is 0 Å². The Labute approximate surface area is 82.9 Å². The average Bonchev–Trinajstić information content (AvgIpc) is 2.01. The zero-order valence-electron chi connectivity index (χ0n) is 7.60. The van der Waals surface area contributed by atoms with Crippen LogP contribution in [0.3, 0.4) is 0 Å². The molecule has 0 spiro atoms. The van der Waals surface area contributed by atoms with Crippen LogP contribution in [0.2, 0.25) is 0 Å². The minimum Gasteiger partial charge on any atom is -0.870 e. The van der Waals surface area contributed by atoms with Crippen molar-refractivity contribution < 1.29 is 20.5 Å². The molecule has 1 rings (SSSR count). The van der Waals surface area contributed by atoms with Crippen LogP contribution in [0.5, 0.6) is 0 Å². The second kappa shape index (κ2) is 6.01. The summed E-state index contributed by atoms with van der Waals surface area (Å²) in [5.41, 5.74) is 6.74. The molecular weight excluding hydrogens is 185 g/mol. The SMILES string of the molecule is [B+2]c1cc(N)cc(C(=O)OC)c1.[OH-].[OH-]. The number of anilines is 1. The van der Waals surface area contributed by atoms with Gasteiger partial charge in [0, 0.05) is 0 Å². The number of ether oxygens (including phenoxy) is 1. The monoisotopic (exact) mass is 195 g/mol. The largest absolute Gasteiger partial charge is 0.870 e. The summed E-state index contributed by atoms with van der Waals surface area (Å²) in [6.45, 7) is 0. The Morgan fingerprint density at radius 2 is 1.93 bits per heavy atom. The van der Waals surface area contributed by atoms with E-state index in [1.807, 2.05) is 0 Å². The second-order valence-electron chi connectivity index (χ2n) is 2.38. The number of carbonyl (C=O) groups is 1. The van der Waals surface area contributed by atoms with Crippen molar-refractivity contribution in [3.63, 3.8) is 0 Å². The van der Waals surface area contributed by atoms with Crippen LogP contribution in [0.1, 0.15) is 10.4 Å². The normalized spacial score (nSPS) is 8.21. The van der Waals surface area contributed by atoms with Crippen LogP contribution in [0.4, 0.5) is 5.69 Å². The fourth-order valence-electron chi connectivity index (χ4n) is 0.912. The van der Waals surface area contributed by atoms with Gasteiger partial charge in [-0.05, 0) is 0 Å². The Bertz CT molecular complexity index is 296. The Kier molecular flexibility index (Phi) is 6.43. The molecule has 0 radical (unpaired) electrons. The number of hydrogen-bond acceptors (Lipinski definition) is 5. The zero-order valence-corrected chi connectivity index (χ0v) is 7.60. The molecule has 0 bridgehead atoms. The minimum atomic E-state index is -0.436. The summed E-state index contributed by atoms with van der Waals surface area (Å²) in [4.78, 5) is 11.0. The Hall–Kier alpha value is -1.53. The fraction of sp³-hybridized carbons (Fsp3) is 0.125. The summed E-state index contributed by atoms with van der Waals surface area (Å²) in [6.07, 6.45) is 0. The van der Waals surface area contributed by atoms with Crippen molar-refractivity contribution in [1.82, 2.24) is 0 Å². The van der Waals surface area contributed by atoms with Gasteiger partial charge in [0.05, 0.1) is 0 Å². The Morgan fingerprint density at radius 3 is 2.36 bits per heavy atom. The molecule has 0 aliphatic rings. The molecule has 0 aliphatic carbocycles. The molecule has 0 saturated heterocycles. The maximum absolute atomic E-state index is 11.0. The summed E-state index contributed by atoms with van der Waals surface area (Å²) >= 11 is 0. The van der Waals surface area contributed by atoms with E-state index in [9.17, 15) is 4.79 Å². The van der Waals surface area contributed by atoms with Crippen LogP contribution >= 0.6 is 0 Å². The first-order valence-corrected chi connectivity index (χ1v) is 3.38. The van der Waals surface area contributed by atoms with E-state index >= 15 is 0 Å². The molecule has 74 valence electrons. The quantitative estimate of drug-likeness (QED) is 0.368. The first kappa shape index (κ1) is 15.0. The number of nitrogen functional groups attached to an aromatic ring is 1. The molecule has 1 aromatic carbocycles. The first-order valence-electron chi connectivity index (χ1n) is 3.38. The van der Waals surface area contributed by atoms with Gasteiger partial charge in [-0.25, -0.2) is 0 Å². The minimum absolute atomic E-state index is 0. The van der Waals surface area contributed by atoms with E-state index in [0.29, 0.717) is 16.7 Å². The summed E-state index contributed by atoms with van der Waals surface area (Å²) in [5, 5.41) is 0. The van der Waals surface area contributed by atoms with Gasteiger partial charge in [0.25, 0.3) is 0 Å². The summed E-state index contributed by atoms with van der Waals surface area (Å²) in [7, 11) is 6.77. The smallest absolute Gasteiger partial charge is 0.870 e. The van der Waals surface area contributed by atoms with Gasteiger partial charge in [0.15, 0.2) is 0 Å². The molecule has 6 heteroatoms. The zero-order chi connectivity index (χ0) is 9.14. The van der Waals surface area contributed by atoms with Crippen LogP contribution < -0.4 is 11.2 Å². The molecule has 0 amide bonds. The molecule has 0 atom stereocenters. The summed E-state index contributed by atoms with van der Waals surface area (Å²) in [6, 6.07) is 4.61. The number of hydrogen-bond donors (Lipinski definition) is 1.